The van der Waals surface area contributed by atoms with Crippen molar-refractivity contribution in [1.82, 2.24) is 0 Å². The van der Waals surface area contributed by atoms with Gasteiger partial charge in [-0.2, -0.15) is 0 Å². The molecule has 14 heteroatoms. The van der Waals surface area contributed by atoms with E-state index in [-0.39, 0.29) is 0 Å². The van der Waals surface area contributed by atoms with Crippen LogP contribution in [0.4, 0.5) is 0 Å². The van der Waals surface area contributed by atoms with Gasteiger partial charge in [0.2, 0.25) is 0 Å². The summed E-state index contributed by atoms with van der Waals surface area (Å²) in [5.41, 5.74) is 0. The quantitative estimate of drug-likeness (QED) is 0.0218. The van der Waals surface area contributed by atoms with Crippen molar-refractivity contribution in [2.75, 3.05) is 0 Å². The molecule has 0 radical (unpaired) electrons. The molecular weight excluding hydrogens is 1210 g/mol. The first-order valence-electron chi connectivity index (χ1n) is 19.0. The minimum atomic E-state index is -3.68. The molecule has 0 aliphatic carbocycles. The van der Waals surface area contributed by atoms with E-state index < -0.39 is 69.1 Å². The van der Waals surface area contributed by atoms with Gasteiger partial charge in [-0.05, 0) is 0 Å². The van der Waals surface area contributed by atoms with Gasteiger partial charge in [0.05, 0.1) is 0 Å². The molecule has 0 N–H and O–H groups in total. The Morgan fingerprint density at radius 1 is 0.312 bits per heavy atom. The van der Waals surface area contributed by atoms with Gasteiger partial charge in [0, 0.05) is 0 Å². The maximum atomic E-state index is 12.1. The van der Waals surface area contributed by atoms with Gasteiger partial charge in [-0.15, -0.1) is 0 Å². The zero-order valence-electron chi connectivity index (χ0n) is 34.1. The number of hydrogen-bond donors (Lipinski definition) is 0. The van der Waals surface area contributed by atoms with Crippen LogP contribution < -0.4 is 36.7 Å². The van der Waals surface area contributed by atoms with E-state index >= 15 is 0 Å². The summed E-state index contributed by atoms with van der Waals surface area (Å²) in [5.74, 6) is 1.02. The van der Waals surface area contributed by atoms with Crippen LogP contribution in [0.15, 0.2) is 221 Å². The predicted molar refractivity (Wildman–Crippen MR) is 245 cm³/mol. The van der Waals surface area contributed by atoms with Gasteiger partial charge in [0.15, 0.2) is 0 Å². The SMILES string of the molecule is C=CC=CC(=O)Oc1ccc([O][Bi]([O]c2ccc(OC(=O)C=CC=C)cc2)[c]2cc[c]([Bi]([O]c3ccc(OC(=O)C=CC=C)cc3)[O]c3ccc(OC(=O)C=CC=C)cc3)cc2)cc1. The molecule has 0 heterocycles. The van der Waals surface area contributed by atoms with Crippen molar-refractivity contribution in [2.45, 2.75) is 0 Å². The molecule has 0 saturated heterocycles. The van der Waals surface area contributed by atoms with E-state index in [2.05, 4.69) is 26.3 Å². The number of hydrogen-bond acceptors (Lipinski definition) is 12. The summed E-state index contributed by atoms with van der Waals surface area (Å²) in [6.07, 6.45) is 16.8. The number of ether oxygens (including phenoxy) is 4. The third kappa shape index (κ3) is 16.3. The van der Waals surface area contributed by atoms with Crippen LogP contribution in [0.5, 0.6) is 46.0 Å². The summed E-state index contributed by atoms with van der Waals surface area (Å²) in [6, 6.07) is 34.0. The Bertz CT molecular complexity index is 2190. The van der Waals surface area contributed by atoms with E-state index in [9.17, 15) is 19.2 Å². The van der Waals surface area contributed by atoms with Gasteiger partial charge in [-0.3, -0.25) is 0 Å². The first-order chi connectivity index (χ1) is 31.1. The summed E-state index contributed by atoms with van der Waals surface area (Å²) in [5, 5.41) is 0. The monoisotopic (exact) mass is 1250 g/mol. The van der Waals surface area contributed by atoms with E-state index in [0.717, 1.165) is 6.54 Å². The molecular formula is C50H40Bi2O12. The molecule has 0 aliphatic rings. The molecule has 0 spiro atoms. The number of carbonyl (C=O) groups is 4. The van der Waals surface area contributed by atoms with Gasteiger partial charge in [0.25, 0.3) is 0 Å². The molecule has 64 heavy (non-hydrogen) atoms. The molecule has 0 aromatic heterocycles. The molecule has 0 saturated carbocycles. The van der Waals surface area contributed by atoms with Crippen molar-refractivity contribution in [3.8, 4) is 46.0 Å². The molecule has 12 nitrogen and oxygen atoms in total. The normalized spacial score (nSPS) is 11.0. The zero-order valence-corrected chi connectivity index (χ0v) is 41.1. The number of benzene rings is 5. The van der Waals surface area contributed by atoms with Crippen LogP contribution in [0.2, 0.25) is 0 Å². The first-order valence-corrected chi connectivity index (χ1v) is 28.2. The Balaban J connectivity index is 1.41. The Morgan fingerprint density at radius 2 is 0.500 bits per heavy atom. The minimum absolute atomic E-state index is 0.321. The predicted octanol–water partition coefficient (Wildman–Crippen LogP) is 7.98. The summed E-state index contributed by atoms with van der Waals surface area (Å²) >= 11 is -7.35. The van der Waals surface area contributed by atoms with Crippen LogP contribution in [-0.4, -0.2) is 69.1 Å². The van der Waals surface area contributed by atoms with Gasteiger partial charge >= 0.3 is 392 Å². The van der Waals surface area contributed by atoms with Crippen LogP contribution >= 0.6 is 0 Å². The fourth-order valence-corrected chi connectivity index (χ4v) is 14.6. The van der Waals surface area contributed by atoms with Gasteiger partial charge in [-0.25, -0.2) is 0 Å². The topological polar surface area (TPSA) is 142 Å². The molecule has 5 aromatic rings. The van der Waals surface area contributed by atoms with Crippen LogP contribution in [0, 0.1) is 0 Å². The number of carbonyl (C=O) groups excluding carboxylic acids is 4. The first kappa shape index (κ1) is 47.9. The van der Waals surface area contributed by atoms with Crippen molar-refractivity contribution in [2.24, 2.45) is 0 Å². The fourth-order valence-electron chi connectivity index (χ4n) is 4.79. The molecule has 0 fully saturated rings. The van der Waals surface area contributed by atoms with Crippen LogP contribution in [0.1, 0.15) is 0 Å². The molecule has 0 aliphatic heterocycles. The Kier molecular flexibility index (Phi) is 19.3. The Hall–Kier alpha value is -7.13. The van der Waals surface area contributed by atoms with Crippen molar-refractivity contribution >= 4 is 75.7 Å². The second-order valence-electron chi connectivity index (χ2n) is 12.3. The number of rotatable bonds is 22. The van der Waals surface area contributed by atoms with E-state index in [4.69, 9.17) is 30.2 Å². The summed E-state index contributed by atoms with van der Waals surface area (Å²) in [4.78, 5) is 48.4. The molecule has 5 rings (SSSR count). The third-order valence-corrected chi connectivity index (χ3v) is 19.1. The fraction of sp³-hybridized carbons (Fsp3) is 0. The second kappa shape index (κ2) is 25.7. The molecule has 5 aromatic carbocycles. The summed E-state index contributed by atoms with van der Waals surface area (Å²) < 4.78 is 49.2. The van der Waals surface area contributed by atoms with E-state index in [1.165, 1.54) is 72.9 Å². The standard InChI is InChI=1S/4C11H10O3.C6H4.2Bi/c4*1-2-3-4-11(13)14-10-7-5-9(12)6-8-10;1-2-4-6-5-3-1;;/h4*2-8,12H,1H2;1-2,5-6H;;/q;;;;;2*+2/p-4. The maximum absolute atomic E-state index is 12.1. The van der Waals surface area contributed by atoms with Crippen LogP contribution in [-0.2, 0) is 19.2 Å². The number of allylic oxidation sites excluding steroid dienone is 8. The van der Waals surface area contributed by atoms with Crippen LogP contribution in [0.25, 0.3) is 0 Å². The van der Waals surface area contributed by atoms with Crippen molar-refractivity contribution in [3.05, 3.63) is 221 Å². The van der Waals surface area contributed by atoms with E-state index in [1.54, 1.807) is 97.1 Å². The molecule has 0 atom stereocenters. The van der Waals surface area contributed by atoms with Crippen molar-refractivity contribution in [3.63, 3.8) is 0 Å². The van der Waals surface area contributed by atoms with Crippen molar-refractivity contribution < 1.29 is 49.4 Å². The average Bonchev–Trinajstić information content (AvgIpc) is 3.31. The molecule has 0 bridgehead atoms. The van der Waals surface area contributed by atoms with Gasteiger partial charge in [-0.1, -0.05) is 0 Å². The average molecular weight is 1250 g/mol. The number of esters is 4. The molecule has 0 unspecified atom stereocenters. The van der Waals surface area contributed by atoms with E-state index in [1.807, 2.05) is 24.3 Å². The molecule has 0 amide bonds. The van der Waals surface area contributed by atoms with E-state index in [0.29, 0.717) is 46.0 Å². The van der Waals surface area contributed by atoms with Gasteiger partial charge in [0.1, 0.15) is 0 Å². The Morgan fingerprint density at radius 3 is 0.688 bits per heavy atom. The van der Waals surface area contributed by atoms with Crippen LogP contribution in [0.3, 0.4) is 0 Å². The summed E-state index contributed by atoms with van der Waals surface area (Å²) in [7, 11) is 0. The second-order valence-corrected chi connectivity index (χ2v) is 23.2. The van der Waals surface area contributed by atoms with Gasteiger partial charge < -0.3 is 0 Å². The summed E-state index contributed by atoms with van der Waals surface area (Å²) in [6.45, 7) is 14.2. The zero-order chi connectivity index (χ0) is 45.5. The van der Waals surface area contributed by atoms with Crippen molar-refractivity contribution in [1.29, 1.82) is 0 Å². The Labute approximate surface area is 388 Å². The molecule has 322 valence electrons. The third-order valence-electron chi connectivity index (χ3n) is 7.67.